The minimum Gasteiger partial charge on any atom is -0.493 e. The fourth-order valence-electron chi connectivity index (χ4n) is 6.15. The van der Waals surface area contributed by atoms with Crippen LogP contribution in [0.4, 0.5) is 0 Å². The first kappa shape index (κ1) is 26.8. The lowest BCUT2D eigenvalue weighted by Gasteiger charge is -2.19. The largest absolute Gasteiger partial charge is 0.493 e. The highest BCUT2D eigenvalue weighted by Crippen LogP contribution is 2.47. The summed E-state index contributed by atoms with van der Waals surface area (Å²) in [5.41, 5.74) is 2.01. The molecule has 0 saturated carbocycles. The van der Waals surface area contributed by atoms with Crippen molar-refractivity contribution in [3.8, 4) is 11.5 Å². The second-order valence-corrected chi connectivity index (χ2v) is 10.9. The van der Waals surface area contributed by atoms with E-state index in [4.69, 9.17) is 13.9 Å². The van der Waals surface area contributed by atoms with E-state index in [0.717, 1.165) is 25.7 Å². The summed E-state index contributed by atoms with van der Waals surface area (Å²) in [6.45, 7) is 5.03. The van der Waals surface area contributed by atoms with Crippen molar-refractivity contribution < 1.29 is 33.1 Å². The van der Waals surface area contributed by atoms with E-state index in [2.05, 4.69) is 13.8 Å². The lowest BCUT2D eigenvalue weighted by molar-refractivity contribution is 0.0995. The second kappa shape index (κ2) is 10.3. The van der Waals surface area contributed by atoms with Gasteiger partial charge in [0, 0.05) is 54.6 Å². The van der Waals surface area contributed by atoms with Gasteiger partial charge in [-0.3, -0.25) is 19.2 Å². The quantitative estimate of drug-likeness (QED) is 0.173. The summed E-state index contributed by atoms with van der Waals surface area (Å²) >= 11 is 0. The van der Waals surface area contributed by atoms with Crippen LogP contribution in [0, 0.1) is 0 Å². The number of carbonyl (C=O) groups is 4. The molecule has 4 aromatic carbocycles. The van der Waals surface area contributed by atoms with Crippen LogP contribution in [0.5, 0.6) is 11.5 Å². The molecule has 2 aliphatic carbocycles. The molecule has 7 nitrogen and oxygen atoms in total. The van der Waals surface area contributed by atoms with Gasteiger partial charge in [-0.1, -0.05) is 26.7 Å². The van der Waals surface area contributed by atoms with Crippen molar-refractivity contribution in [3.63, 3.8) is 0 Å². The Bertz CT molecular complexity index is 1970. The van der Waals surface area contributed by atoms with Crippen LogP contribution in [-0.2, 0) is 0 Å². The van der Waals surface area contributed by atoms with E-state index < -0.39 is 0 Å². The third-order valence-electron chi connectivity index (χ3n) is 8.23. The van der Waals surface area contributed by atoms with Crippen molar-refractivity contribution in [2.45, 2.75) is 39.5 Å². The molecule has 214 valence electrons. The molecule has 0 amide bonds. The molecule has 5 aromatic rings. The maximum atomic E-state index is 13.5. The Hall–Kier alpha value is -5.04. The average molecular weight is 573 g/mol. The highest BCUT2D eigenvalue weighted by atomic mass is 16.5. The van der Waals surface area contributed by atoms with Gasteiger partial charge in [0.1, 0.15) is 22.7 Å². The minimum absolute atomic E-state index is 0.258. The number of allylic oxidation sites excluding steroid dienone is 4. The summed E-state index contributed by atoms with van der Waals surface area (Å²) in [6.07, 6.45) is 8.64. The highest BCUT2D eigenvalue weighted by molar-refractivity contribution is 6.38. The van der Waals surface area contributed by atoms with Gasteiger partial charge in [0.15, 0.2) is 23.1 Å². The number of ether oxygens (including phenoxy) is 2. The van der Waals surface area contributed by atoms with Crippen LogP contribution in [-0.4, -0.2) is 36.3 Å². The van der Waals surface area contributed by atoms with Crippen molar-refractivity contribution in [2.75, 3.05) is 13.2 Å². The summed E-state index contributed by atoms with van der Waals surface area (Å²) in [5.74, 6) is -0.198. The Morgan fingerprint density at radius 3 is 1.40 bits per heavy atom. The van der Waals surface area contributed by atoms with Crippen molar-refractivity contribution >= 4 is 66.6 Å². The SMILES string of the molecule is CCCCOc1cc2c(c3c1ccc1oc4ccc5c(OCCCC)cc6c(c5c4c13)C(=O)C=CC6=O)C(=O)C=CC2=O. The molecule has 0 fully saturated rings. The molecule has 0 radical (unpaired) electrons. The van der Waals surface area contributed by atoms with Crippen molar-refractivity contribution in [1.29, 1.82) is 0 Å². The fourth-order valence-corrected chi connectivity index (χ4v) is 6.15. The molecule has 7 rings (SSSR count). The predicted molar refractivity (Wildman–Crippen MR) is 165 cm³/mol. The minimum atomic E-state index is -0.304. The van der Waals surface area contributed by atoms with E-state index in [0.29, 0.717) is 68.2 Å². The van der Waals surface area contributed by atoms with Crippen molar-refractivity contribution in [1.82, 2.24) is 0 Å². The average Bonchev–Trinajstić information content (AvgIpc) is 3.40. The highest BCUT2D eigenvalue weighted by Gasteiger charge is 2.30. The van der Waals surface area contributed by atoms with Crippen LogP contribution < -0.4 is 9.47 Å². The van der Waals surface area contributed by atoms with Crippen LogP contribution in [0.15, 0.2) is 65.1 Å². The zero-order valence-electron chi connectivity index (χ0n) is 23.9. The van der Waals surface area contributed by atoms with Crippen LogP contribution in [0.1, 0.15) is 81.0 Å². The molecule has 7 heteroatoms. The van der Waals surface area contributed by atoms with E-state index in [1.807, 2.05) is 24.3 Å². The molecule has 0 spiro atoms. The number of fused-ring (bicyclic) bond motifs is 11. The van der Waals surface area contributed by atoms with E-state index in [-0.39, 0.29) is 45.4 Å². The van der Waals surface area contributed by atoms with Gasteiger partial charge in [-0.15, -0.1) is 0 Å². The van der Waals surface area contributed by atoms with Gasteiger partial charge in [0.05, 0.1) is 13.2 Å². The number of unbranched alkanes of at least 4 members (excludes halogenated alkanes) is 2. The smallest absolute Gasteiger partial charge is 0.187 e. The molecule has 0 N–H and O–H groups in total. The Morgan fingerprint density at radius 2 is 0.977 bits per heavy atom. The number of carbonyl (C=O) groups excluding carboxylic acids is 4. The van der Waals surface area contributed by atoms with E-state index in [9.17, 15) is 19.2 Å². The first-order valence-electron chi connectivity index (χ1n) is 14.7. The maximum Gasteiger partial charge on any atom is 0.187 e. The summed E-state index contributed by atoms with van der Waals surface area (Å²) in [4.78, 5) is 53.2. The number of hydrogen-bond acceptors (Lipinski definition) is 7. The fraction of sp³-hybridized carbons (Fsp3) is 0.222. The molecule has 2 aliphatic rings. The summed E-state index contributed by atoms with van der Waals surface area (Å²) < 4.78 is 18.7. The van der Waals surface area contributed by atoms with Gasteiger partial charge in [-0.25, -0.2) is 0 Å². The number of benzene rings is 4. The molecule has 43 heavy (non-hydrogen) atoms. The zero-order chi connectivity index (χ0) is 29.8. The molecule has 0 aliphatic heterocycles. The first-order chi connectivity index (χ1) is 20.9. The molecular formula is C36H28O7. The predicted octanol–water partition coefficient (Wildman–Crippen LogP) is 8.12. The lowest BCUT2D eigenvalue weighted by Crippen LogP contribution is -2.14. The van der Waals surface area contributed by atoms with E-state index in [1.54, 1.807) is 12.1 Å². The number of furan rings is 1. The molecule has 0 bridgehead atoms. The Kier molecular flexibility index (Phi) is 6.46. The first-order valence-corrected chi connectivity index (χ1v) is 14.7. The topological polar surface area (TPSA) is 99.9 Å². The number of hydrogen-bond donors (Lipinski definition) is 0. The molecule has 1 heterocycles. The van der Waals surface area contributed by atoms with Gasteiger partial charge in [-0.05, 0) is 73.5 Å². The van der Waals surface area contributed by atoms with E-state index >= 15 is 0 Å². The van der Waals surface area contributed by atoms with Crippen molar-refractivity contribution in [3.05, 3.63) is 83.0 Å². The number of ketones is 4. The number of rotatable bonds is 8. The second-order valence-electron chi connectivity index (χ2n) is 10.9. The van der Waals surface area contributed by atoms with Gasteiger partial charge in [-0.2, -0.15) is 0 Å². The maximum absolute atomic E-state index is 13.5. The third-order valence-corrected chi connectivity index (χ3v) is 8.23. The van der Waals surface area contributed by atoms with Crippen LogP contribution >= 0.6 is 0 Å². The monoisotopic (exact) mass is 572 g/mol. The van der Waals surface area contributed by atoms with Crippen LogP contribution in [0.25, 0.3) is 43.5 Å². The van der Waals surface area contributed by atoms with E-state index in [1.165, 1.54) is 24.3 Å². The Balaban J connectivity index is 1.68. The van der Waals surface area contributed by atoms with Gasteiger partial charge < -0.3 is 13.9 Å². The third kappa shape index (κ3) is 4.10. The summed E-state index contributed by atoms with van der Waals surface area (Å²) in [5, 5.41) is 3.51. The van der Waals surface area contributed by atoms with Crippen molar-refractivity contribution in [2.24, 2.45) is 0 Å². The normalized spacial score (nSPS) is 14.4. The van der Waals surface area contributed by atoms with Gasteiger partial charge in [0.2, 0.25) is 0 Å². The van der Waals surface area contributed by atoms with Crippen LogP contribution in [0.2, 0.25) is 0 Å². The van der Waals surface area contributed by atoms with Gasteiger partial charge in [0.25, 0.3) is 0 Å². The Morgan fingerprint density at radius 1 is 0.558 bits per heavy atom. The lowest BCUT2D eigenvalue weighted by atomic mass is 9.85. The molecule has 0 atom stereocenters. The zero-order valence-corrected chi connectivity index (χ0v) is 23.9. The summed E-state index contributed by atoms with van der Waals surface area (Å²) in [7, 11) is 0. The Labute approximate surface area is 246 Å². The van der Waals surface area contributed by atoms with Crippen LogP contribution in [0.3, 0.4) is 0 Å². The molecule has 1 aromatic heterocycles. The van der Waals surface area contributed by atoms with Gasteiger partial charge >= 0.3 is 0 Å². The molecular weight excluding hydrogens is 544 g/mol. The molecule has 0 saturated heterocycles. The molecule has 0 unspecified atom stereocenters. The standard InChI is InChI=1S/C36H28O7/c1-3-5-15-41-29-17-21-23(37)9-11-25(39)31(21)33-19(29)7-13-27-35(33)36-28(43-27)14-8-20-30(42-16-6-4-2)18-22-24(38)10-12-26(40)32(22)34(20)36/h7-14,17-18H,3-6,15-16H2,1-2H3. The summed E-state index contributed by atoms with van der Waals surface area (Å²) in [6, 6.07) is 10.6.